The lowest BCUT2D eigenvalue weighted by Crippen LogP contribution is -2.45. The number of carbonyl (C=O) groups excluding carboxylic acids is 3. The van der Waals surface area contributed by atoms with E-state index in [-0.39, 0.29) is 47.3 Å². The highest BCUT2D eigenvalue weighted by Crippen LogP contribution is 2.68. The minimum Gasteiger partial charge on any atom is -0.458 e. The lowest BCUT2D eigenvalue weighted by Gasteiger charge is -2.41. The molecule has 2 heterocycles. The summed E-state index contributed by atoms with van der Waals surface area (Å²) in [7, 11) is 0. The Labute approximate surface area is 173 Å². The monoisotopic (exact) mass is 406 g/mol. The molecule has 6 atom stereocenters. The zero-order valence-electron chi connectivity index (χ0n) is 18.3. The number of fused-ring (bicyclic) bond motifs is 1. The van der Waals surface area contributed by atoms with Crippen LogP contribution in [0.25, 0.3) is 0 Å². The summed E-state index contributed by atoms with van der Waals surface area (Å²) in [6, 6.07) is 0. The van der Waals surface area contributed by atoms with Crippen LogP contribution >= 0.6 is 0 Å². The lowest BCUT2D eigenvalue weighted by atomic mass is 9.67. The highest BCUT2D eigenvalue weighted by molar-refractivity contribution is 5.84. The second kappa shape index (κ2) is 6.71. The van der Waals surface area contributed by atoms with Gasteiger partial charge in [0.05, 0.1) is 11.3 Å². The minimum absolute atomic E-state index is 0.00416. The van der Waals surface area contributed by atoms with E-state index in [9.17, 15) is 14.4 Å². The molecule has 0 aromatic heterocycles. The average molecular weight is 407 g/mol. The molecule has 0 amide bonds. The van der Waals surface area contributed by atoms with Gasteiger partial charge < -0.3 is 14.2 Å². The second-order valence-corrected chi connectivity index (χ2v) is 11.7. The molecule has 5 fully saturated rings. The van der Waals surface area contributed by atoms with Gasteiger partial charge in [0.2, 0.25) is 0 Å². The topological polar surface area (TPSA) is 78.9 Å². The molecule has 0 radical (unpaired) electrons. The Morgan fingerprint density at radius 1 is 1.14 bits per heavy atom. The summed E-state index contributed by atoms with van der Waals surface area (Å²) in [6.07, 6.45) is 4.11. The van der Waals surface area contributed by atoms with E-state index in [1.54, 1.807) is 0 Å². The van der Waals surface area contributed by atoms with E-state index in [1.165, 1.54) is 0 Å². The highest BCUT2D eigenvalue weighted by atomic mass is 16.6. The van der Waals surface area contributed by atoms with Gasteiger partial charge in [-0.2, -0.15) is 0 Å². The molecule has 29 heavy (non-hydrogen) atoms. The van der Waals surface area contributed by atoms with Gasteiger partial charge in [-0.25, -0.2) is 4.79 Å². The molecular formula is C23H34O6. The summed E-state index contributed by atoms with van der Waals surface area (Å²) in [5.41, 5.74) is -0.647. The van der Waals surface area contributed by atoms with Crippen LogP contribution in [0.5, 0.6) is 0 Å². The second-order valence-electron chi connectivity index (χ2n) is 11.7. The van der Waals surface area contributed by atoms with Gasteiger partial charge >= 0.3 is 17.9 Å². The first-order chi connectivity index (χ1) is 13.4. The summed E-state index contributed by atoms with van der Waals surface area (Å²) in [5, 5.41) is 0. The molecule has 4 bridgehead atoms. The van der Waals surface area contributed by atoms with Gasteiger partial charge in [-0.05, 0) is 55.3 Å². The van der Waals surface area contributed by atoms with Crippen molar-refractivity contribution in [3.05, 3.63) is 0 Å². The fraction of sp³-hybridized carbons (Fsp3) is 0.870. The molecule has 6 nitrogen and oxygen atoms in total. The maximum Gasteiger partial charge on any atom is 0.344 e. The molecule has 3 saturated carbocycles. The summed E-state index contributed by atoms with van der Waals surface area (Å²) in [6.45, 7) is 10.1. The molecule has 0 aromatic carbocycles. The third-order valence-electron chi connectivity index (χ3n) is 7.56. The third kappa shape index (κ3) is 3.79. The highest BCUT2D eigenvalue weighted by Gasteiger charge is 2.68. The number of carbonyl (C=O) groups is 3. The van der Waals surface area contributed by atoms with Gasteiger partial charge in [0.1, 0.15) is 12.2 Å². The van der Waals surface area contributed by atoms with Crippen molar-refractivity contribution in [2.45, 2.75) is 85.4 Å². The number of rotatable bonds is 5. The first-order valence-corrected chi connectivity index (χ1v) is 11.0. The van der Waals surface area contributed by atoms with Crippen LogP contribution in [0.2, 0.25) is 0 Å². The Morgan fingerprint density at radius 3 is 2.45 bits per heavy atom. The van der Waals surface area contributed by atoms with Crippen molar-refractivity contribution < 1.29 is 28.6 Å². The Morgan fingerprint density at radius 2 is 1.83 bits per heavy atom. The standard InChI is InChI=1S/C23H34O6/c1-21(2,3)11-23(12-22(23,4)5)20(26)27-10-17(24)29-18-14-6-13-7-15(9-14)19(25)28-16(18)8-13/h13-16,18H,6-12H2,1-5H3. The quantitative estimate of drug-likeness (QED) is 0.512. The summed E-state index contributed by atoms with van der Waals surface area (Å²) in [4.78, 5) is 37.5. The zero-order chi connectivity index (χ0) is 21.2. The average Bonchev–Trinajstić information content (AvgIpc) is 3.19. The Hall–Kier alpha value is -1.59. The van der Waals surface area contributed by atoms with Gasteiger partial charge in [-0.15, -0.1) is 0 Å². The molecule has 5 aliphatic rings. The summed E-state index contributed by atoms with van der Waals surface area (Å²) < 4.78 is 16.7. The maximum absolute atomic E-state index is 12.9. The minimum atomic E-state index is -0.545. The van der Waals surface area contributed by atoms with E-state index >= 15 is 0 Å². The van der Waals surface area contributed by atoms with E-state index in [0.29, 0.717) is 5.92 Å². The van der Waals surface area contributed by atoms with E-state index < -0.39 is 17.5 Å². The zero-order valence-corrected chi connectivity index (χ0v) is 18.3. The number of hydrogen-bond donors (Lipinski definition) is 0. The van der Waals surface area contributed by atoms with Crippen LogP contribution in [-0.2, 0) is 28.6 Å². The van der Waals surface area contributed by atoms with Crippen molar-refractivity contribution in [1.29, 1.82) is 0 Å². The molecule has 3 aliphatic carbocycles. The van der Waals surface area contributed by atoms with Crippen LogP contribution in [-0.4, -0.2) is 36.7 Å². The van der Waals surface area contributed by atoms with Crippen molar-refractivity contribution in [3.8, 4) is 0 Å². The van der Waals surface area contributed by atoms with Crippen LogP contribution in [0.4, 0.5) is 0 Å². The Balaban J connectivity index is 1.35. The van der Waals surface area contributed by atoms with Crippen LogP contribution in [0, 0.1) is 34.0 Å². The molecule has 2 saturated heterocycles. The number of ether oxygens (including phenoxy) is 3. The molecule has 0 spiro atoms. The van der Waals surface area contributed by atoms with Crippen molar-refractivity contribution in [2.75, 3.05) is 6.61 Å². The van der Waals surface area contributed by atoms with Crippen molar-refractivity contribution >= 4 is 17.9 Å². The molecule has 0 aromatic rings. The molecule has 162 valence electrons. The van der Waals surface area contributed by atoms with E-state index in [0.717, 1.165) is 38.5 Å². The number of esters is 3. The first kappa shape index (κ1) is 20.7. The lowest BCUT2D eigenvalue weighted by molar-refractivity contribution is -0.179. The molecule has 6 unspecified atom stereocenters. The third-order valence-corrected chi connectivity index (χ3v) is 7.56. The fourth-order valence-electron chi connectivity index (χ4n) is 6.22. The number of hydrogen-bond acceptors (Lipinski definition) is 6. The molecule has 5 rings (SSSR count). The van der Waals surface area contributed by atoms with Crippen molar-refractivity contribution in [2.24, 2.45) is 34.0 Å². The van der Waals surface area contributed by atoms with Gasteiger partial charge in [0.25, 0.3) is 0 Å². The smallest absolute Gasteiger partial charge is 0.344 e. The van der Waals surface area contributed by atoms with Crippen molar-refractivity contribution in [3.63, 3.8) is 0 Å². The fourth-order valence-corrected chi connectivity index (χ4v) is 6.22. The molecule has 6 heteroatoms. The van der Waals surface area contributed by atoms with Gasteiger partial charge in [-0.3, -0.25) is 9.59 Å². The van der Waals surface area contributed by atoms with Crippen LogP contribution in [0.1, 0.15) is 73.1 Å². The van der Waals surface area contributed by atoms with E-state index in [2.05, 4.69) is 34.6 Å². The van der Waals surface area contributed by atoms with Gasteiger partial charge in [0.15, 0.2) is 6.61 Å². The molecule has 2 aliphatic heterocycles. The summed E-state index contributed by atoms with van der Waals surface area (Å²) in [5.74, 6) is -0.401. The van der Waals surface area contributed by atoms with Crippen LogP contribution in [0.3, 0.4) is 0 Å². The van der Waals surface area contributed by atoms with Crippen LogP contribution in [0.15, 0.2) is 0 Å². The predicted molar refractivity (Wildman–Crippen MR) is 105 cm³/mol. The normalized spacial score (nSPS) is 39.5. The van der Waals surface area contributed by atoms with Crippen molar-refractivity contribution in [1.82, 2.24) is 0 Å². The van der Waals surface area contributed by atoms with Gasteiger partial charge in [-0.1, -0.05) is 34.6 Å². The summed E-state index contributed by atoms with van der Waals surface area (Å²) >= 11 is 0. The maximum atomic E-state index is 12.9. The Bertz CT molecular complexity index is 719. The predicted octanol–water partition coefficient (Wildman–Crippen LogP) is 3.66. The molecule has 0 N–H and O–H groups in total. The SMILES string of the molecule is CC(C)(C)CC1(C(=O)OCC(=O)OC2C3CC4CC(C3)C(=O)OC2C4)CC1(C)C. The van der Waals surface area contributed by atoms with Gasteiger partial charge in [0, 0.05) is 5.92 Å². The Kier molecular flexibility index (Phi) is 4.78. The largest absolute Gasteiger partial charge is 0.458 e. The van der Waals surface area contributed by atoms with E-state index in [1.807, 2.05) is 0 Å². The molecular weight excluding hydrogens is 372 g/mol. The van der Waals surface area contributed by atoms with E-state index in [4.69, 9.17) is 14.2 Å². The first-order valence-electron chi connectivity index (χ1n) is 11.0. The van der Waals surface area contributed by atoms with Crippen LogP contribution < -0.4 is 0 Å².